The zero-order valence-electron chi connectivity index (χ0n) is 13.9. The number of thioether (sulfide) groups is 1. The molecule has 0 spiro atoms. The molecule has 1 aliphatic rings. The topological polar surface area (TPSA) is 50.2 Å². The van der Waals surface area contributed by atoms with Crippen LogP contribution in [0.3, 0.4) is 0 Å². The summed E-state index contributed by atoms with van der Waals surface area (Å²) < 4.78 is 27.9. The van der Waals surface area contributed by atoms with E-state index in [4.69, 9.17) is 0 Å². The molecule has 0 bridgehead atoms. The van der Waals surface area contributed by atoms with Crippen molar-refractivity contribution in [2.75, 3.05) is 31.2 Å². The average Bonchev–Trinajstić information content (AvgIpc) is 3.05. The van der Waals surface area contributed by atoms with E-state index in [1.54, 1.807) is 6.20 Å². The molecular weight excluding hydrogens is 346 g/mol. The Bertz CT molecular complexity index is 744. The van der Waals surface area contributed by atoms with Crippen LogP contribution in [0.2, 0.25) is 0 Å². The van der Waals surface area contributed by atoms with Crippen molar-refractivity contribution in [2.24, 2.45) is 0 Å². The third-order valence-corrected chi connectivity index (χ3v) is 5.20. The van der Waals surface area contributed by atoms with E-state index in [-0.39, 0.29) is 11.7 Å². The lowest BCUT2D eigenvalue weighted by Gasteiger charge is -2.28. The molecule has 1 amide bonds. The van der Waals surface area contributed by atoms with Crippen LogP contribution in [0.15, 0.2) is 35.5 Å². The summed E-state index contributed by atoms with van der Waals surface area (Å²) in [4.78, 5) is 14.8. The Labute approximate surface area is 149 Å². The van der Waals surface area contributed by atoms with Gasteiger partial charge in [-0.05, 0) is 51.2 Å². The normalized spacial score (nSPS) is 16.1. The van der Waals surface area contributed by atoms with Gasteiger partial charge in [-0.15, -0.1) is 11.8 Å². The van der Waals surface area contributed by atoms with Crippen LogP contribution in [0.5, 0.6) is 0 Å². The van der Waals surface area contributed by atoms with Gasteiger partial charge >= 0.3 is 0 Å². The van der Waals surface area contributed by atoms with Crippen molar-refractivity contribution in [2.45, 2.75) is 23.8 Å². The van der Waals surface area contributed by atoms with Crippen LogP contribution >= 0.6 is 11.8 Å². The summed E-state index contributed by atoms with van der Waals surface area (Å²) in [5.41, 5.74) is 0.648. The first-order valence-corrected chi connectivity index (χ1v) is 9.10. The largest absolute Gasteiger partial charge is 0.323 e. The molecule has 0 radical (unpaired) electrons. The Kier molecular flexibility index (Phi) is 5.70. The first-order valence-electron chi connectivity index (χ1n) is 8.11. The maximum Gasteiger partial charge on any atom is 0.234 e. The molecule has 8 heteroatoms. The van der Waals surface area contributed by atoms with Crippen molar-refractivity contribution < 1.29 is 13.6 Å². The highest BCUT2D eigenvalue weighted by Gasteiger charge is 2.19. The van der Waals surface area contributed by atoms with Crippen LogP contribution in [0.4, 0.5) is 14.5 Å². The second-order valence-corrected chi connectivity index (χ2v) is 7.20. The number of nitrogens with one attached hydrogen (secondary N) is 1. The second-order valence-electron chi connectivity index (χ2n) is 6.16. The number of rotatable bonds is 5. The molecule has 1 aromatic heterocycles. The lowest BCUT2D eigenvalue weighted by Crippen LogP contribution is -2.31. The van der Waals surface area contributed by atoms with E-state index >= 15 is 0 Å². The highest BCUT2D eigenvalue weighted by atomic mass is 32.2. The first kappa shape index (κ1) is 17.9. The smallest absolute Gasteiger partial charge is 0.234 e. The van der Waals surface area contributed by atoms with Gasteiger partial charge in [-0.25, -0.2) is 8.78 Å². The Morgan fingerprint density at radius 2 is 2.08 bits per heavy atom. The van der Waals surface area contributed by atoms with Gasteiger partial charge in [0.05, 0.1) is 23.7 Å². The zero-order valence-corrected chi connectivity index (χ0v) is 14.7. The molecule has 1 fully saturated rings. The molecule has 0 aliphatic carbocycles. The Hall–Kier alpha value is -1.93. The van der Waals surface area contributed by atoms with Crippen molar-refractivity contribution in [3.05, 3.63) is 42.2 Å². The summed E-state index contributed by atoms with van der Waals surface area (Å²) in [6.45, 7) is 2.08. The number of piperidine rings is 1. The minimum Gasteiger partial charge on any atom is -0.323 e. The van der Waals surface area contributed by atoms with Crippen LogP contribution < -0.4 is 5.32 Å². The maximum atomic E-state index is 13.2. The van der Waals surface area contributed by atoms with Crippen molar-refractivity contribution in [1.29, 1.82) is 0 Å². The fourth-order valence-corrected chi connectivity index (χ4v) is 3.50. The lowest BCUT2D eigenvalue weighted by molar-refractivity contribution is -0.113. The number of likely N-dealkylation sites (tertiary alicyclic amines) is 1. The van der Waals surface area contributed by atoms with E-state index < -0.39 is 11.6 Å². The van der Waals surface area contributed by atoms with Gasteiger partial charge in [-0.2, -0.15) is 5.10 Å². The SMILES string of the molecule is CN1CCC(n2cc(NC(=O)CSc3ccc(F)c(F)c3)cn2)CC1. The molecule has 0 saturated carbocycles. The molecule has 1 saturated heterocycles. The van der Waals surface area contributed by atoms with Gasteiger partial charge in [0.25, 0.3) is 0 Å². The van der Waals surface area contributed by atoms with Gasteiger partial charge in [0, 0.05) is 11.1 Å². The zero-order chi connectivity index (χ0) is 17.8. The van der Waals surface area contributed by atoms with Crippen LogP contribution in [-0.2, 0) is 4.79 Å². The van der Waals surface area contributed by atoms with Crippen molar-refractivity contribution >= 4 is 23.4 Å². The van der Waals surface area contributed by atoms with Gasteiger partial charge in [0.15, 0.2) is 11.6 Å². The van der Waals surface area contributed by atoms with E-state index in [0.717, 1.165) is 49.8 Å². The molecule has 134 valence electrons. The third-order valence-electron chi connectivity index (χ3n) is 4.21. The highest BCUT2D eigenvalue weighted by molar-refractivity contribution is 8.00. The lowest BCUT2D eigenvalue weighted by atomic mass is 10.1. The number of benzene rings is 1. The molecule has 1 N–H and O–H groups in total. The second kappa shape index (κ2) is 7.97. The van der Waals surface area contributed by atoms with E-state index in [9.17, 15) is 13.6 Å². The molecule has 1 aliphatic heterocycles. The van der Waals surface area contributed by atoms with E-state index in [1.165, 1.54) is 6.07 Å². The fourth-order valence-electron chi connectivity index (χ4n) is 2.77. The van der Waals surface area contributed by atoms with Crippen LogP contribution in [0.1, 0.15) is 18.9 Å². The van der Waals surface area contributed by atoms with Crippen LogP contribution in [0.25, 0.3) is 0 Å². The van der Waals surface area contributed by atoms with E-state index in [2.05, 4.69) is 22.4 Å². The summed E-state index contributed by atoms with van der Waals surface area (Å²) >= 11 is 1.15. The molecule has 5 nitrogen and oxygen atoms in total. The Balaban J connectivity index is 1.50. The number of amides is 1. The van der Waals surface area contributed by atoms with Gasteiger partial charge in [0.2, 0.25) is 5.91 Å². The maximum absolute atomic E-state index is 13.2. The quantitative estimate of drug-likeness (QED) is 0.826. The molecule has 2 heterocycles. The van der Waals surface area contributed by atoms with Gasteiger partial charge in [0.1, 0.15) is 0 Å². The minimum atomic E-state index is -0.912. The number of carbonyl (C=O) groups excluding carboxylic acids is 1. The molecule has 3 rings (SSSR count). The summed E-state index contributed by atoms with van der Waals surface area (Å²) in [6, 6.07) is 3.96. The monoisotopic (exact) mass is 366 g/mol. The summed E-state index contributed by atoms with van der Waals surface area (Å²) in [7, 11) is 2.11. The van der Waals surface area contributed by atoms with E-state index in [1.807, 2.05) is 10.9 Å². The van der Waals surface area contributed by atoms with Gasteiger partial charge in [-0.1, -0.05) is 0 Å². The van der Waals surface area contributed by atoms with Crippen molar-refractivity contribution in [1.82, 2.24) is 14.7 Å². The number of aromatic nitrogens is 2. The molecule has 0 atom stereocenters. The fraction of sp³-hybridized carbons (Fsp3) is 0.412. The molecule has 25 heavy (non-hydrogen) atoms. The molecule has 0 unspecified atom stereocenters. The highest BCUT2D eigenvalue weighted by Crippen LogP contribution is 2.23. The number of carbonyl (C=O) groups is 1. The molecule has 1 aromatic carbocycles. The third kappa shape index (κ3) is 4.79. The predicted molar refractivity (Wildman–Crippen MR) is 93.7 cm³/mol. The first-order chi connectivity index (χ1) is 12.0. The number of halogens is 2. The number of anilines is 1. The predicted octanol–water partition coefficient (Wildman–Crippen LogP) is 3.16. The van der Waals surface area contributed by atoms with Crippen LogP contribution in [0, 0.1) is 11.6 Å². The number of hydrogen-bond donors (Lipinski definition) is 1. The van der Waals surface area contributed by atoms with Gasteiger partial charge in [-0.3, -0.25) is 9.48 Å². The Morgan fingerprint density at radius 3 is 2.80 bits per heavy atom. The average molecular weight is 366 g/mol. The summed E-state index contributed by atoms with van der Waals surface area (Å²) in [5, 5.41) is 7.13. The van der Waals surface area contributed by atoms with E-state index in [0.29, 0.717) is 16.6 Å². The number of nitrogens with zero attached hydrogens (tertiary/aromatic N) is 3. The molecular formula is C17H20F2N4OS. The van der Waals surface area contributed by atoms with Crippen molar-refractivity contribution in [3.63, 3.8) is 0 Å². The standard InChI is InChI=1S/C17H20F2N4OS/c1-22-6-4-13(5-7-22)23-10-12(9-20-23)21-17(24)11-25-14-2-3-15(18)16(19)8-14/h2-3,8-10,13H,4-7,11H2,1H3,(H,21,24). The van der Waals surface area contributed by atoms with Gasteiger partial charge < -0.3 is 10.2 Å². The van der Waals surface area contributed by atoms with Crippen LogP contribution in [-0.4, -0.2) is 46.5 Å². The van der Waals surface area contributed by atoms with Crippen molar-refractivity contribution in [3.8, 4) is 0 Å². The number of hydrogen-bond acceptors (Lipinski definition) is 4. The molecule has 2 aromatic rings. The summed E-state index contributed by atoms with van der Waals surface area (Å²) in [6.07, 6.45) is 5.56. The minimum absolute atomic E-state index is 0.116. The Morgan fingerprint density at radius 1 is 1.32 bits per heavy atom. The summed E-state index contributed by atoms with van der Waals surface area (Å²) in [5.74, 6) is -1.90.